The molecule has 0 unspecified atom stereocenters. The molecule has 1 saturated carbocycles. The Labute approximate surface area is 114 Å². The van der Waals surface area contributed by atoms with Crippen LogP contribution in [0.3, 0.4) is 0 Å². The van der Waals surface area contributed by atoms with E-state index in [2.05, 4.69) is 4.98 Å². The van der Waals surface area contributed by atoms with Crippen LogP contribution in [-0.2, 0) is 11.3 Å². The molecule has 102 valence electrons. The zero-order chi connectivity index (χ0) is 13.6. The van der Waals surface area contributed by atoms with Crippen LogP contribution >= 0.6 is 12.2 Å². The summed E-state index contributed by atoms with van der Waals surface area (Å²) >= 11 is 5.21. The second-order valence-corrected chi connectivity index (χ2v) is 5.43. The predicted molar refractivity (Wildman–Crippen MR) is 70.6 cm³/mol. The SMILES string of the molecule is COC1(Cn2c(=S)[nH]c3c(F)cc(F)cc32)CCC1. The van der Waals surface area contributed by atoms with Crippen molar-refractivity contribution < 1.29 is 13.5 Å². The van der Waals surface area contributed by atoms with Crippen LogP contribution in [0.5, 0.6) is 0 Å². The van der Waals surface area contributed by atoms with E-state index < -0.39 is 11.6 Å². The van der Waals surface area contributed by atoms with Crippen molar-refractivity contribution >= 4 is 23.3 Å². The number of aromatic nitrogens is 2. The molecule has 2 aromatic rings. The van der Waals surface area contributed by atoms with Crippen molar-refractivity contribution in [3.8, 4) is 0 Å². The summed E-state index contributed by atoms with van der Waals surface area (Å²) in [4.78, 5) is 2.80. The van der Waals surface area contributed by atoms with Gasteiger partial charge in [0.05, 0.1) is 17.7 Å². The van der Waals surface area contributed by atoms with Crippen molar-refractivity contribution in [3.05, 3.63) is 28.5 Å². The Morgan fingerprint density at radius 3 is 2.74 bits per heavy atom. The highest BCUT2D eigenvalue weighted by Crippen LogP contribution is 2.37. The summed E-state index contributed by atoms with van der Waals surface area (Å²) in [6.07, 6.45) is 2.98. The van der Waals surface area contributed by atoms with Gasteiger partial charge >= 0.3 is 0 Å². The van der Waals surface area contributed by atoms with E-state index in [0.29, 0.717) is 16.8 Å². The number of rotatable bonds is 3. The molecule has 19 heavy (non-hydrogen) atoms. The molecule has 1 fully saturated rings. The molecule has 1 aliphatic carbocycles. The van der Waals surface area contributed by atoms with Gasteiger partial charge in [-0.1, -0.05) is 0 Å². The number of hydrogen-bond donors (Lipinski definition) is 1. The molecule has 1 aromatic carbocycles. The molecule has 0 radical (unpaired) electrons. The van der Waals surface area contributed by atoms with Crippen LogP contribution in [0.1, 0.15) is 19.3 Å². The lowest BCUT2D eigenvalue weighted by molar-refractivity contribution is -0.0830. The first-order valence-corrected chi connectivity index (χ1v) is 6.58. The number of benzene rings is 1. The minimum absolute atomic E-state index is 0.247. The second-order valence-electron chi connectivity index (χ2n) is 5.04. The molecule has 0 bridgehead atoms. The highest BCUT2D eigenvalue weighted by molar-refractivity contribution is 7.71. The number of aromatic amines is 1. The summed E-state index contributed by atoms with van der Waals surface area (Å²) < 4.78 is 34.7. The number of halogens is 2. The topological polar surface area (TPSA) is 29.9 Å². The third-order valence-corrected chi connectivity index (χ3v) is 4.27. The van der Waals surface area contributed by atoms with E-state index >= 15 is 0 Å². The lowest BCUT2D eigenvalue weighted by Gasteiger charge is -2.40. The van der Waals surface area contributed by atoms with E-state index in [0.717, 1.165) is 25.3 Å². The van der Waals surface area contributed by atoms with Crippen LogP contribution in [-0.4, -0.2) is 22.3 Å². The van der Waals surface area contributed by atoms with E-state index in [1.165, 1.54) is 6.07 Å². The van der Waals surface area contributed by atoms with Gasteiger partial charge in [-0.05, 0) is 37.5 Å². The maximum Gasteiger partial charge on any atom is 0.178 e. The van der Waals surface area contributed by atoms with Gasteiger partial charge in [-0.15, -0.1) is 0 Å². The van der Waals surface area contributed by atoms with Crippen LogP contribution < -0.4 is 0 Å². The highest BCUT2D eigenvalue weighted by atomic mass is 32.1. The lowest BCUT2D eigenvalue weighted by atomic mass is 9.80. The summed E-state index contributed by atoms with van der Waals surface area (Å²) in [5.41, 5.74) is 0.443. The standard InChI is InChI=1S/C13H14F2N2OS/c1-18-13(3-2-4-13)7-17-10-6-8(14)5-9(15)11(10)16-12(17)19/h5-6H,2-4,7H2,1H3,(H,16,19). The fraction of sp³-hybridized carbons (Fsp3) is 0.462. The summed E-state index contributed by atoms with van der Waals surface area (Å²) in [5, 5.41) is 0. The first-order chi connectivity index (χ1) is 9.04. The Kier molecular flexibility index (Phi) is 2.94. The molecule has 3 rings (SSSR count). The fourth-order valence-electron chi connectivity index (χ4n) is 2.62. The van der Waals surface area contributed by atoms with Gasteiger partial charge < -0.3 is 14.3 Å². The van der Waals surface area contributed by atoms with Crippen molar-refractivity contribution in [2.24, 2.45) is 0 Å². The average Bonchev–Trinajstić information content (AvgIpc) is 2.61. The zero-order valence-corrected chi connectivity index (χ0v) is 11.3. The predicted octanol–water partition coefficient (Wildman–Crippen LogP) is 3.55. The number of nitrogens with one attached hydrogen (secondary N) is 1. The minimum atomic E-state index is -0.625. The molecular formula is C13H14F2N2OS. The normalized spacial score (nSPS) is 17.6. The summed E-state index contributed by atoms with van der Waals surface area (Å²) in [6, 6.07) is 2.15. The Balaban J connectivity index is 2.13. The highest BCUT2D eigenvalue weighted by Gasteiger charge is 2.38. The maximum absolute atomic E-state index is 13.7. The van der Waals surface area contributed by atoms with Crippen molar-refractivity contribution in [2.45, 2.75) is 31.4 Å². The first kappa shape index (κ1) is 12.7. The van der Waals surface area contributed by atoms with Crippen LogP contribution in [0.2, 0.25) is 0 Å². The number of fused-ring (bicyclic) bond motifs is 1. The molecule has 1 aliphatic rings. The number of imidazole rings is 1. The Morgan fingerprint density at radius 1 is 1.42 bits per heavy atom. The lowest BCUT2D eigenvalue weighted by Crippen LogP contribution is -2.43. The molecule has 1 N–H and O–H groups in total. The van der Waals surface area contributed by atoms with Crippen LogP contribution in [0.4, 0.5) is 8.78 Å². The van der Waals surface area contributed by atoms with E-state index in [1.807, 2.05) is 0 Å². The summed E-state index contributed by atoms with van der Waals surface area (Å²) in [5.74, 6) is -1.23. The number of ether oxygens (including phenoxy) is 1. The monoisotopic (exact) mass is 284 g/mol. The van der Waals surface area contributed by atoms with Crippen LogP contribution in [0, 0.1) is 16.4 Å². The first-order valence-electron chi connectivity index (χ1n) is 6.17. The largest absolute Gasteiger partial charge is 0.376 e. The number of methoxy groups -OCH3 is 1. The van der Waals surface area contributed by atoms with Gasteiger partial charge in [0.15, 0.2) is 10.6 Å². The third-order valence-electron chi connectivity index (χ3n) is 3.95. The number of hydrogen-bond acceptors (Lipinski definition) is 2. The zero-order valence-electron chi connectivity index (χ0n) is 10.5. The number of H-pyrrole nitrogens is 1. The van der Waals surface area contributed by atoms with Gasteiger partial charge in [0.1, 0.15) is 11.3 Å². The van der Waals surface area contributed by atoms with Gasteiger partial charge in [-0.25, -0.2) is 8.78 Å². The number of nitrogens with zero attached hydrogens (tertiary/aromatic N) is 1. The molecule has 3 nitrogen and oxygen atoms in total. The van der Waals surface area contributed by atoms with Crippen LogP contribution in [0.15, 0.2) is 12.1 Å². The Bertz CT molecular complexity index is 682. The van der Waals surface area contributed by atoms with Gasteiger partial charge in [0, 0.05) is 13.2 Å². The quantitative estimate of drug-likeness (QED) is 0.874. The molecule has 1 aromatic heterocycles. The molecule has 0 atom stereocenters. The van der Waals surface area contributed by atoms with E-state index in [4.69, 9.17) is 17.0 Å². The average molecular weight is 284 g/mol. The van der Waals surface area contributed by atoms with Crippen molar-refractivity contribution in [1.82, 2.24) is 9.55 Å². The van der Waals surface area contributed by atoms with Gasteiger partial charge in [-0.3, -0.25) is 0 Å². The van der Waals surface area contributed by atoms with E-state index in [1.54, 1.807) is 11.7 Å². The molecular weight excluding hydrogens is 270 g/mol. The Hall–Kier alpha value is -1.27. The van der Waals surface area contributed by atoms with Crippen molar-refractivity contribution in [2.75, 3.05) is 7.11 Å². The smallest absolute Gasteiger partial charge is 0.178 e. The van der Waals surface area contributed by atoms with Gasteiger partial charge in [0.25, 0.3) is 0 Å². The van der Waals surface area contributed by atoms with Gasteiger partial charge in [0.2, 0.25) is 0 Å². The van der Waals surface area contributed by atoms with Crippen molar-refractivity contribution in [3.63, 3.8) is 0 Å². The Morgan fingerprint density at radius 2 is 2.16 bits per heavy atom. The third kappa shape index (κ3) is 1.99. The summed E-state index contributed by atoms with van der Waals surface area (Å²) in [7, 11) is 1.67. The second kappa shape index (κ2) is 4.38. The molecule has 0 aliphatic heterocycles. The van der Waals surface area contributed by atoms with E-state index in [9.17, 15) is 8.78 Å². The molecule has 1 heterocycles. The molecule has 6 heteroatoms. The molecule has 0 saturated heterocycles. The fourth-order valence-corrected chi connectivity index (χ4v) is 2.89. The van der Waals surface area contributed by atoms with Crippen molar-refractivity contribution in [1.29, 1.82) is 0 Å². The molecule has 0 amide bonds. The van der Waals surface area contributed by atoms with Gasteiger partial charge in [-0.2, -0.15) is 0 Å². The van der Waals surface area contributed by atoms with E-state index in [-0.39, 0.29) is 11.1 Å². The minimum Gasteiger partial charge on any atom is -0.376 e. The summed E-state index contributed by atoms with van der Waals surface area (Å²) in [6.45, 7) is 0.519. The van der Waals surface area contributed by atoms with Crippen LogP contribution in [0.25, 0.3) is 11.0 Å². The molecule has 0 spiro atoms. The maximum atomic E-state index is 13.7.